The smallest absolute Gasteiger partial charge is 0.282 e. The molecule has 0 N–H and O–H groups in total. The van der Waals surface area contributed by atoms with Gasteiger partial charge in [0.2, 0.25) is 0 Å². The maximum atomic E-state index is 12.4. The average molecular weight is 346 g/mol. The lowest BCUT2D eigenvalue weighted by Crippen LogP contribution is -2.13. The number of benzene rings is 2. The van der Waals surface area contributed by atoms with Crippen molar-refractivity contribution in [3.63, 3.8) is 0 Å². The molecule has 0 aliphatic heterocycles. The van der Waals surface area contributed by atoms with E-state index in [1.54, 1.807) is 0 Å². The summed E-state index contributed by atoms with van der Waals surface area (Å²) in [5.74, 6) is 0.242. The molecule has 25 heavy (non-hydrogen) atoms. The molecule has 4 rings (SSSR count). The molecule has 6 heteroatoms. The van der Waals surface area contributed by atoms with E-state index in [-0.39, 0.29) is 5.91 Å². The second kappa shape index (κ2) is 6.41. The molecule has 2 aromatic heterocycles. The molecule has 0 bridgehead atoms. The summed E-state index contributed by atoms with van der Waals surface area (Å²) >= 11 is 1.48. The van der Waals surface area contributed by atoms with E-state index in [1.165, 1.54) is 23.7 Å². The number of hydrogen-bond donors (Lipinski definition) is 0. The van der Waals surface area contributed by atoms with Gasteiger partial charge in [-0.25, -0.2) is 9.97 Å². The first-order valence-corrected chi connectivity index (χ1v) is 8.55. The molecular weight excluding hydrogens is 332 g/mol. The number of carbonyl (C=O) groups excluding carboxylic acids is 1. The van der Waals surface area contributed by atoms with E-state index in [4.69, 9.17) is 0 Å². The van der Waals surface area contributed by atoms with Gasteiger partial charge in [0.25, 0.3) is 5.91 Å². The van der Waals surface area contributed by atoms with Crippen molar-refractivity contribution in [1.29, 1.82) is 0 Å². The maximum absolute atomic E-state index is 12.4. The molecule has 122 valence electrons. The van der Waals surface area contributed by atoms with Gasteiger partial charge in [0.1, 0.15) is 0 Å². The normalized spacial score (nSPS) is 11.8. The number of para-hydroxylation sites is 1. The number of nitrogens with zero attached hydrogens (tertiary/aromatic N) is 4. The molecule has 0 unspecified atom stereocenters. The van der Waals surface area contributed by atoms with Crippen molar-refractivity contribution in [2.75, 3.05) is 0 Å². The van der Waals surface area contributed by atoms with Gasteiger partial charge in [-0.15, -0.1) is 0 Å². The van der Waals surface area contributed by atoms with Crippen molar-refractivity contribution in [3.05, 3.63) is 77.4 Å². The lowest BCUT2D eigenvalue weighted by molar-refractivity contribution is 0.0997. The summed E-state index contributed by atoms with van der Waals surface area (Å²) in [5.41, 5.74) is 2.33. The molecule has 1 amide bonds. The summed E-state index contributed by atoms with van der Waals surface area (Å²) in [6.45, 7) is 0. The van der Waals surface area contributed by atoms with Gasteiger partial charge in [0.15, 0.2) is 10.6 Å². The Labute approximate surface area is 148 Å². The minimum atomic E-state index is -0.346. The second-order valence-electron chi connectivity index (χ2n) is 5.49. The highest BCUT2D eigenvalue weighted by molar-refractivity contribution is 7.16. The van der Waals surface area contributed by atoms with Crippen molar-refractivity contribution in [2.45, 2.75) is 0 Å². The number of thiazole rings is 1. The summed E-state index contributed by atoms with van der Waals surface area (Å²) in [6, 6.07) is 17.6. The van der Waals surface area contributed by atoms with E-state index in [1.807, 2.05) is 66.2 Å². The molecule has 0 aliphatic rings. The van der Waals surface area contributed by atoms with Crippen LogP contribution < -0.4 is 4.80 Å². The number of aryl methyl sites for hydroxylation is 1. The standard InChI is InChI=1S/C19H14N4OS/c1-23-15-9-5-6-10-16(15)25-19(23)22-18(24)14-11-20-17(21-12-14)13-7-3-2-4-8-13/h2-12H,1H3. The molecule has 0 saturated heterocycles. The first-order chi connectivity index (χ1) is 12.2. The largest absolute Gasteiger partial charge is 0.319 e. The van der Waals surface area contributed by atoms with E-state index in [9.17, 15) is 4.79 Å². The summed E-state index contributed by atoms with van der Waals surface area (Å²) in [4.78, 5) is 25.9. The monoisotopic (exact) mass is 346 g/mol. The van der Waals surface area contributed by atoms with Crippen molar-refractivity contribution in [2.24, 2.45) is 12.0 Å². The van der Waals surface area contributed by atoms with Crippen molar-refractivity contribution in [3.8, 4) is 11.4 Å². The topological polar surface area (TPSA) is 60.1 Å². The third-order valence-electron chi connectivity index (χ3n) is 3.84. The summed E-state index contributed by atoms with van der Waals surface area (Å²) in [7, 11) is 1.90. The number of fused-ring (bicyclic) bond motifs is 1. The molecule has 0 spiro atoms. The predicted octanol–water partition coefficient (Wildman–Crippen LogP) is 3.44. The van der Waals surface area contributed by atoms with E-state index in [2.05, 4.69) is 15.0 Å². The van der Waals surface area contributed by atoms with Crippen molar-refractivity contribution >= 4 is 27.5 Å². The molecule has 5 nitrogen and oxygen atoms in total. The van der Waals surface area contributed by atoms with Crippen LogP contribution in [0.2, 0.25) is 0 Å². The van der Waals surface area contributed by atoms with Gasteiger partial charge in [0, 0.05) is 25.0 Å². The van der Waals surface area contributed by atoms with E-state index in [0.29, 0.717) is 16.2 Å². The zero-order chi connectivity index (χ0) is 17.2. The molecule has 2 aromatic carbocycles. The zero-order valence-corrected chi connectivity index (χ0v) is 14.3. The molecular formula is C19H14N4OS. The third kappa shape index (κ3) is 2.99. The van der Waals surface area contributed by atoms with E-state index >= 15 is 0 Å². The van der Waals surface area contributed by atoms with Gasteiger partial charge in [-0.05, 0) is 12.1 Å². The quantitative estimate of drug-likeness (QED) is 0.559. The molecule has 0 atom stereocenters. The predicted molar refractivity (Wildman–Crippen MR) is 98.2 cm³/mol. The highest BCUT2D eigenvalue weighted by Gasteiger charge is 2.09. The third-order valence-corrected chi connectivity index (χ3v) is 4.96. The number of amides is 1. The summed E-state index contributed by atoms with van der Waals surface area (Å²) in [6.07, 6.45) is 3.04. The van der Waals surface area contributed by atoms with Gasteiger partial charge in [-0.1, -0.05) is 53.8 Å². The summed E-state index contributed by atoms with van der Waals surface area (Å²) < 4.78 is 3.00. The maximum Gasteiger partial charge on any atom is 0.282 e. The Balaban J connectivity index is 1.67. The van der Waals surface area contributed by atoms with Crippen LogP contribution in [0.25, 0.3) is 21.6 Å². The minimum Gasteiger partial charge on any atom is -0.319 e. The Hall–Kier alpha value is -3.12. The fraction of sp³-hybridized carbons (Fsp3) is 0.0526. The molecule has 0 fully saturated rings. The number of carbonyl (C=O) groups is 1. The van der Waals surface area contributed by atoms with Crippen LogP contribution in [-0.4, -0.2) is 20.4 Å². The Bertz CT molecular complexity index is 1110. The SMILES string of the molecule is Cn1c(=NC(=O)c2cnc(-c3ccccc3)nc2)sc2ccccc21. The van der Waals surface area contributed by atoms with E-state index < -0.39 is 0 Å². The Morgan fingerprint density at radius 3 is 2.40 bits per heavy atom. The Morgan fingerprint density at radius 2 is 1.68 bits per heavy atom. The Kier molecular flexibility index (Phi) is 3.95. The molecule has 4 aromatic rings. The number of hydrogen-bond acceptors (Lipinski definition) is 4. The second-order valence-corrected chi connectivity index (χ2v) is 6.50. The molecule has 0 radical (unpaired) electrons. The van der Waals surface area contributed by atoms with Crippen molar-refractivity contribution in [1.82, 2.24) is 14.5 Å². The Morgan fingerprint density at radius 1 is 1.00 bits per heavy atom. The van der Waals surface area contributed by atoms with Gasteiger partial charge in [0.05, 0.1) is 15.8 Å². The molecule has 0 aliphatic carbocycles. The van der Waals surface area contributed by atoms with Crippen LogP contribution in [-0.2, 0) is 7.05 Å². The average Bonchev–Trinajstić information content (AvgIpc) is 2.98. The first kappa shape index (κ1) is 15.4. The highest BCUT2D eigenvalue weighted by atomic mass is 32.1. The van der Waals surface area contributed by atoms with Gasteiger partial charge < -0.3 is 4.57 Å². The number of aromatic nitrogens is 3. The van der Waals surface area contributed by atoms with Crippen LogP contribution in [0.1, 0.15) is 10.4 Å². The van der Waals surface area contributed by atoms with Crippen LogP contribution in [0.15, 0.2) is 72.0 Å². The van der Waals surface area contributed by atoms with Crippen LogP contribution in [0.5, 0.6) is 0 Å². The van der Waals surface area contributed by atoms with Gasteiger partial charge in [-0.3, -0.25) is 4.79 Å². The lowest BCUT2D eigenvalue weighted by Gasteiger charge is -2.00. The van der Waals surface area contributed by atoms with Gasteiger partial charge >= 0.3 is 0 Å². The fourth-order valence-electron chi connectivity index (χ4n) is 2.51. The fourth-order valence-corrected chi connectivity index (χ4v) is 3.53. The minimum absolute atomic E-state index is 0.346. The van der Waals surface area contributed by atoms with Crippen LogP contribution in [0.4, 0.5) is 0 Å². The zero-order valence-electron chi connectivity index (χ0n) is 13.5. The van der Waals surface area contributed by atoms with Crippen LogP contribution in [0, 0.1) is 0 Å². The van der Waals surface area contributed by atoms with E-state index in [0.717, 1.165) is 15.8 Å². The first-order valence-electron chi connectivity index (χ1n) is 7.73. The van der Waals surface area contributed by atoms with Crippen LogP contribution >= 0.6 is 11.3 Å². The van der Waals surface area contributed by atoms with Crippen molar-refractivity contribution < 1.29 is 4.79 Å². The molecule has 2 heterocycles. The van der Waals surface area contributed by atoms with Crippen LogP contribution in [0.3, 0.4) is 0 Å². The lowest BCUT2D eigenvalue weighted by atomic mass is 10.2. The molecule has 0 saturated carbocycles. The highest BCUT2D eigenvalue weighted by Crippen LogP contribution is 2.16. The number of rotatable bonds is 2. The van der Waals surface area contributed by atoms with Gasteiger partial charge in [-0.2, -0.15) is 4.99 Å². The summed E-state index contributed by atoms with van der Waals surface area (Å²) in [5, 5.41) is 0.